The van der Waals surface area contributed by atoms with Gasteiger partial charge in [0.15, 0.2) is 11.5 Å². The molecule has 0 bridgehead atoms. The molecule has 0 radical (unpaired) electrons. The van der Waals surface area contributed by atoms with Crippen LogP contribution in [-0.4, -0.2) is 45.2 Å². The van der Waals surface area contributed by atoms with Crippen LogP contribution in [-0.2, 0) is 11.3 Å². The molecule has 2 aromatic rings. The van der Waals surface area contributed by atoms with Gasteiger partial charge in [0.05, 0.1) is 27.9 Å². The minimum absolute atomic E-state index is 0.141. The molecule has 0 atom stereocenters. The van der Waals surface area contributed by atoms with E-state index in [2.05, 4.69) is 5.32 Å². The summed E-state index contributed by atoms with van der Waals surface area (Å²) in [5.41, 5.74) is 1.56. The quantitative estimate of drug-likeness (QED) is 0.702. The fourth-order valence-electron chi connectivity index (χ4n) is 2.70. The van der Waals surface area contributed by atoms with E-state index in [4.69, 9.17) is 25.8 Å². The maximum Gasteiger partial charge on any atom is 0.238 e. The van der Waals surface area contributed by atoms with Crippen LogP contribution in [0.4, 0.5) is 5.69 Å². The van der Waals surface area contributed by atoms with Gasteiger partial charge in [-0.05, 0) is 18.2 Å². The van der Waals surface area contributed by atoms with Gasteiger partial charge in [0, 0.05) is 29.4 Å². The van der Waals surface area contributed by atoms with Gasteiger partial charge in [-0.25, -0.2) is 0 Å². The minimum Gasteiger partial charge on any atom is -0.493 e. The third kappa shape index (κ3) is 5.52. The number of anilines is 1. The lowest BCUT2D eigenvalue weighted by molar-refractivity contribution is -0.117. The molecule has 1 N–H and O–H groups in total. The van der Waals surface area contributed by atoms with Gasteiger partial charge in [-0.2, -0.15) is 0 Å². The Morgan fingerprint density at radius 1 is 1.07 bits per heavy atom. The molecule has 0 saturated heterocycles. The predicted octanol–water partition coefficient (Wildman–Crippen LogP) is 3.83. The topological polar surface area (TPSA) is 60.0 Å². The maximum absolute atomic E-state index is 12.5. The monoisotopic (exact) mass is 392 g/mol. The highest BCUT2D eigenvalue weighted by Gasteiger charge is 2.16. The number of rotatable bonds is 9. The summed E-state index contributed by atoms with van der Waals surface area (Å²) in [6.07, 6.45) is 0. The summed E-state index contributed by atoms with van der Waals surface area (Å²) >= 11 is 6.22. The zero-order chi connectivity index (χ0) is 19.8. The lowest BCUT2D eigenvalue weighted by atomic mass is 10.2. The average molecular weight is 393 g/mol. The van der Waals surface area contributed by atoms with Crippen molar-refractivity contribution in [3.05, 3.63) is 47.0 Å². The molecule has 0 aromatic heterocycles. The summed E-state index contributed by atoms with van der Waals surface area (Å²) in [5.74, 6) is 1.30. The van der Waals surface area contributed by atoms with E-state index in [1.807, 2.05) is 36.1 Å². The van der Waals surface area contributed by atoms with Gasteiger partial charge >= 0.3 is 0 Å². The lowest BCUT2D eigenvalue weighted by Gasteiger charge is -2.21. The number of methoxy groups -OCH3 is 3. The molecule has 0 unspecified atom stereocenters. The molecule has 2 rings (SSSR count). The fourth-order valence-corrected chi connectivity index (χ4v) is 2.90. The Kier molecular flexibility index (Phi) is 7.76. The van der Waals surface area contributed by atoms with Gasteiger partial charge in [-0.15, -0.1) is 0 Å². The highest BCUT2D eigenvalue weighted by Crippen LogP contribution is 2.39. The molecule has 27 heavy (non-hydrogen) atoms. The number of amides is 1. The first-order chi connectivity index (χ1) is 13.0. The van der Waals surface area contributed by atoms with Crippen molar-refractivity contribution in [2.75, 3.05) is 39.7 Å². The second kappa shape index (κ2) is 10.0. The maximum atomic E-state index is 12.5. The van der Waals surface area contributed by atoms with E-state index < -0.39 is 0 Å². The number of halogens is 1. The molecular formula is C20H25ClN2O4. The lowest BCUT2D eigenvalue weighted by Crippen LogP contribution is -2.32. The molecule has 1 amide bonds. The molecule has 0 aliphatic carbocycles. The highest BCUT2D eigenvalue weighted by atomic mass is 35.5. The SMILES string of the molecule is CCN(CC(=O)Nc1cc(OC)c(OC)c(OC)c1)Cc1ccccc1Cl. The average Bonchev–Trinajstić information content (AvgIpc) is 2.68. The van der Waals surface area contributed by atoms with Crippen LogP contribution in [0.25, 0.3) is 0 Å². The molecule has 6 nitrogen and oxygen atoms in total. The number of nitrogens with zero attached hydrogens (tertiary/aromatic N) is 1. The largest absolute Gasteiger partial charge is 0.493 e. The zero-order valence-corrected chi connectivity index (χ0v) is 16.8. The van der Waals surface area contributed by atoms with Gasteiger partial charge < -0.3 is 19.5 Å². The second-order valence-corrected chi connectivity index (χ2v) is 6.26. The Morgan fingerprint density at radius 3 is 2.22 bits per heavy atom. The van der Waals surface area contributed by atoms with Crippen molar-refractivity contribution in [2.24, 2.45) is 0 Å². The molecule has 0 aliphatic rings. The van der Waals surface area contributed by atoms with E-state index >= 15 is 0 Å². The van der Waals surface area contributed by atoms with Crippen LogP contribution >= 0.6 is 11.6 Å². The van der Waals surface area contributed by atoms with Gasteiger partial charge in [0.25, 0.3) is 0 Å². The zero-order valence-electron chi connectivity index (χ0n) is 16.0. The van der Waals surface area contributed by atoms with E-state index in [9.17, 15) is 4.79 Å². The van der Waals surface area contributed by atoms with Gasteiger partial charge in [0.1, 0.15) is 0 Å². The van der Waals surface area contributed by atoms with Crippen LogP contribution in [0.5, 0.6) is 17.2 Å². The van der Waals surface area contributed by atoms with Crippen molar-refractivity contribution in [1.82, 2.24) is 4.90 Å². The van der Waals surface area contributed by atoms with Crippen LogP contribution < -0.4 is 19.5 Å². The van der Waals surface area contributed by atoms with Crippen molar-refractivity contribution in [3.63, 3.8) is 0 Å². The first-order valence-electron chi connectivity index (χ1n) is 8.58. The van der Waals surface area contributed by atoms with Gasteiger partial charge in [0.2, 0.25) is 11.7 Å². The first kappa shape index (κ1) is 20.9. The van der Waals surface area contributed by atoms with Crippen LogP contribution in [0.15, 0.2) is 36.4 Å². The van der Waals surface area contributed by atoms with Crippen molar-refractivity contribution in [2.45, 2.75) is 13.5 Å². The second-order valence-electron chi connectivity index (χ2n) is 5.86. The first-order valence-corrected chi connectivity index (χ1v) is 8.95. The number of ether oxygens (including phenoxy) is 3. The summed E-state index contributed by atoms with van der Waals surface area (Å²) in [6, 6.07) is 11.0. The molecule has 7 heteroatoms. The number of carbonyl (C=O) groups is 1. The van der Waals surface area contributed by atoms with Crippen LogP contribution in [0, 0.1) is 0 Å². The standard InChI is InChI=1S/C20H25ClN2O4/c1-5-23(12-14-8-6-7-9-16(14)21)13-19(24)22-15-10-17(25-2)20(27-4)18(11-15)26-3/h6-11H,5,12-13H2,1-4H3,(H,22,24). The summed E-state index contributed by atoms with van der Waals surface area (Å²) in [5, 5.41) is 3.57. The summed E-state index contributed by atoms with van der Waals surface area (Å²) in [4.78, 5) is 14.5. The summed E-state index contributed by atoms with van der Waals surface area (Å²) in [7, 11) is 4.60. The van der Waals surface area contributed by atoms with Gasteiger partial charge in [-0.1, -0.05) is 36.7 Å². The van der Waals surface area contributed by atoms with E-state index in [0.29, 0.717) is 41.0 Å². The highest BCUT2D eigenvalue weighted by molar-refractivity contribution is 6.31. The van der Waals surface area contributed by atoms with E-state index in [-0.39, 0.29) is 12.5 Å². The van der Waals surface area contributed by atoms with E-state index in [1.54, 1.807) is 12.1 Å². The van der Waals surface area contributed by atoms with E-state index in [1.165, 1.54) is 21.3 Å². The third-order valence-electron chi connectivity index (χ3n) is 4.11. The Labute approximate surface area is 165 Å². The van der Waals surface area contributed by atoms with Crippen molar-refractivity contribution >= 4 is 23.2 Å². The molecule has 0 spiro atoms. The molecular weight excluding hydrogens is 368 g/mol. The summed E-state index contributed by atoms with van der Waals surface area (Å²) < 4.78 is 15.9. The Morgan fingerprint density at radius 2 is 1.70 bits per heavy atom. The molecule has 146 valence electrons. The van der Waals surface area contributed by atoms with Crippen LogP contribution in [0.1, 0.15) is 12.5 Å². The minimum atomic E-state index is -0.141. The number of carbonyl (C=O) groups excluding carboxylic acids is 1. The Bertz CT molecular complexity index is 757. The molecule has 0 saturated carbocycles. The molecule has 0 fully saturated rings. The van der Waals surface area contributed by atoms with Crippen LogP contribution in [0.2, 0.25) is 5.02 Å². The Hall–Kier alpha value is -2.44. The number of hydrogen-bond acceptors (Lipinski definition) is 5. The normalized spacial score (nSPS) is 10.6. The smallest absolute Gasteiger partial charge is 0.238 e. The number of nitrogens with one attached hydrogen (secondary N) is 1. The van der Waals surface area contributed by atoms with Crippen molar-refractivity contribution < 1.29 is 19.0 Å². The predicted molar refractivity (Wildman–Crippen MR) is 107 cm³/mol. The fraction of sp³-hybridized carbons (Fsp3) is 0.350. The van der Waals surface area contributed by atoms with Crippen molar-refractivity contribution in [3.8, 4) is 17.2 Å². The number of likely N-dealkylation sites (N-methyl/N-ethyl adjacent to an activating group) is 1. The summed E-state index contributed by atoms with van der Waals surface area (Å²) in [6.45, 7) is 3.55. The van der Waals surface area contributed by atoms with Crippen molar-refractivity contribution in [1.29, 1.82) is 0 Å². The number of hydrogen-bond donors (Lipinski definition) is 1. The Balaban J connectivity index is 2.08. The third-order valence-corrected chi connectivity index (χ3v) is 4.48. The molecule has 0 aliphatic heterocycles. The molecule has 2 aromatic carbocycles. The molecule has 0 heterocycles. The van der Waals surface area contributed by atoms with E-state index in [0.717, 1.165) is 5.56 Å². The van der Waals surface area contributed by atoms with Crippen LogP contribution in [0.3, 0.4) is 0 Å². The number of benzene rings is 2. The van der Waals surface area contributed by atoms with Gasteiger partial charge in [-0.3, -0.25) is 9.69 Å².